The van der Waals surface area contributed by atoms with Gasteiger partial charge >= 0.3 is 6.03 Å². The second-order valence-corrected chi connectivity index (χ2v) is 7.33. The van der Waals surface area contributed by atoms with Crippen LogP contribution in [0, 0.1) is 0 Å². The molecule has 2 amide bonds. The maximum Gasteiger partial charge on any atom is 0.318 e. The number of nitrogens with zero attached hydrogens (tertiary/aromatic N) is 3. The maximum atomic E-state index is 12.7. The van der Waals surface area contributed by atoms with E-state index in [0.717, 1.165) is 47.7 Å². The number of carbonyl (C=O) groups excluding carboxylic acids is 1. The highest BCUT2D eigenvalue weighted by Gasteiger charge is 2.32. The number of aryl methyl sites for hydroxylation is 1. The van der Waals surface area contributed by atoms with Crippen molar-refractivity contribution in [3.05, 3.63) is 46.7 Å². The Morgan fingerprint density at radius 3 is 3.12 bits per heavy atom. The van der Waals surface area contributed by atoms with Gasteiger partial charge < -0.3 is 10.2 Å². The summed E-state index contributed by atoms with van der Waals surface area (Å²) in [6.07, 6.45) is 2.87. The average molecular weight is 355 g/mol. The number of likely N-dealkylation sites (tertiary alicyclic amines) is 1. The van der Waals surface area contributed by atoms with Crippen LogP contribution in [0.2, 0.25) is 0 Å². The molecule has 1 aliphatic heterocycles. The molecule has 1 aliphatic rings. The zero-order valence-corrected chi connectivity index (χ0v) is 15.0. The van der Waals surface area contributed by atoms with Crippen molar-refractivity contribution in [2.45, 2.75) is 38.8 Å². The highest BCUT2D eigenvalue weighted by atomic mass is 32.1. The molecular formula is C18H21N5OS. The SMILES string of the molecule is CCc1cc(CNC(=O)N2CCCC2c2nc3ccccc3s2)[nH]n1. The Bertz CT molecular complexity index is 853. The molecule has 0 aliphatic carbocycles. The number of H-pyrrole nitrogens is 1. The number of thiazole rings is 1. The van der Waals surface area contributed by atoms with Gasteiger partial charge in [-0.3, -0.25) is 5.10 Å². The molecule has 0 radical (unpaired) electrons. The smallest absolute Gasteiger partial charge is 0.318 e. The molecule has 0 saturated carbocycles. The van der Waals surface area contributed by atoms with Crippen LogP contribution in [0.15, 0.2) is 30.3 Å². The first-order valence-corrected chi connectivity index (χ1v) is 9.49. The Morgan fingerprint density at radius 1 is 1.44 bits per heavy atom. The predicted octanol–water partition coefficient (Wildman–Crippen LogP) is 3.63. The molecule has 2 aromatic heterocycles. The summed E-state index contributed by atoms with van der Waals surface area (Å²) in [5.41, 5.74) is 2.96. The Kier molecular flexibility index (Phi) is 4.40. The second kappa shape index (κ2) is 6.84. The summed E-state index contributed by atoms with van der Waals surface area (Å²) in [4.78, 5) is 19.3. The van der Waals surface area contributed by atoms with Crippen LogP contribution in [-0.2, 0) is 13.0 Å². The van der Waals surface area contributed by atoms with Gasteiger partial charge in [-0.05, 0) is 37.5 Å². The van der Waals surface area contributed by atoms with E-state index < -0.39 is 0 Å². The lowest BCUT2D eigenvalue weighted by atomic mass is 10.2. The second-order valence-electron chi connectivity index (χ2n) is 6.27. The highest BCUT2D eigenvalue weighted by Crippen LogP contribution is 2.36. The summed E-state index contributed by atoms with van der Waals surface area (Å²) >= 11 is 1.69. The van der Waals surface area contributed by atoms with Crippen molar-refractivity contribution in [3.8, 4) is 0 Å². The molecule has 1 fully saturated rings. The zero-order valence-electron chi connectivity index (χ0n) is 14.2. The van der Waals surface area contributed by atoms with Crippen LogP contribution in [0.1, 0.15) is 42.2 Å². The van der Waals surface area contributed by atoms with Gasteiger partial charge in [0.2, 0.25) is 0 Å². The quantitative estimate of drug-likeness (QED) is 0.750. The number of nitrogens with one attached hydrogen (secondary N) is 2. The fourth-order valence-corrected chi connectivity index (χ4v) is 4.37. The van der Waals surface area contributed by atoms with Crippen LogP contribution in [0.25, 0.3) is 10.2 Å². The van der Waals surface area contributed by atoms with Crippen LogP contribution in [0.3, 0.4) is 0 Å². The third-order valence-corrected chi connectivity index (χ3v) is 5.72. The van der Waals surface area contributed by atoms with E-state index in [-0.39, 0.29) is 12.1 Å². The molecule has 0 spiro atoms. The molecule has 1 aromatic carbocycles. The van der Waals surface area contributed by atoms with E-state index >= 15 is 0 Å². The standard InChI is InChI=1S/C18H21N5OS/c1-2-12-10-13(22-21-12)11-19-18(24)23-9-5-7-15(23)17-20-14-6-3-4-8-16(14)25-17/h3-4,6,8,10,15H,2,5,7,9,11H2,1H3,(H,19,24)(H,21,22). The topological polar surface area (TPSA) is 73.9 Å². The Balaban J connectivity index is 1.45. The van der Waals surface area contributed by atoms with Gasteiger partial charge in [0.05, 0.1) is 34.2 Å². The van der Waals surface area contributed by atoms with E-state index in [1.807, 2.05) is 29.2 Å². The van der Waals surface area contributed by atoms with Gasteiger partial charge in [-0.1, -0.05) is 19.1 Å². The Morgan fingerprint density at radius 2 is 2.32 bits per heavy atom. The number of hydrogen-bond donors (Lipinski definition) is 2. The van der Waals surface area contributed by atoms with Crippen molar-refractivity contribution in [1.82, 2.24) is 25.4 Å². The number of hydrogen-bond acceptors (Lipinski definition) is 4. The number of aromatic amines is 1. The minimum Gasteiger partial charge on any atom is -0.332 e. The average Bonchev–Trinajstić information content (AvgIpc) is 3.37. The minimum absolute atomic E-state index is 0.0330. The van der Waals surface area contributed by atoms with Crippen LogP contribution in [-0.4, -0.2) is 32.7 Å². The fourth-order valence-electron chi connectivity index (χ4n) is 3.25. The minimum atomic E-state index is -0.0330. The summed E-state index contributed by atoms with van der Waals surface area (Å²) in [5, 5.41) is 11.2. The van der Waals surface area contributed by atoms with Crippen molar-refractivity contribution in [3.63, 3.8) is 0 Å². The third kappa shape index (κ3) is 3.24. The van der Waals surface area contributed by atoms with Gasteiger partial charge in [-0.2, -0.15) is 5.10 Å². The molecule has 7 heteroatoms. The molecule has 6 nitrogen and oxygen atoms in total. The normalized spacial score (nSPS) is 17.3. The number of benzene rings is 1. The zero-order chi connectivity index (χ0) is 17.2. The lowest BCUT2D eigenvalue weighted by Crippen LogP contribution is -2.39. The van der Waals surface area contributed by atoms with Gasteiger partial charge in [0.25, 0.3) is 0 Å². The van der Waals surface area contributed by atoms with Crippen molar-refractivity contribution in [2.24, 2.45) is 0 Å². The summed E-state index contributed by atoms with van der Waals surface area (Å²) in [6.45, 7) is 3.30. The number of amides is 2. The van der Waals surface area contributed by atoms with E-state index in [4.69, 9.17) is 4.98 Å². The molecule has 1 unspecified atom stereocenters. The summed E-state index contributed by atoms with van der Waals surface area (Å²) in [5.74, 6) is 0. The number of carbonyl (C=O) groups is 1. The van der Waals surface area contributed by atoms with Gasteiger partial charge in [0.1, 0.15) is 5.01 Å². The maximum absolute atomic E-state index is 12.7. The first kappa shape index (κ1) is 16.1. The molecule has 4 rings (SSSR count). The number of para-hydroxylation sites is 1. The molecule has 3 aromatic rings. The number of urea groups is 1. The summed E-state index contributed by atoms with van der Waals surface area (Å²) < 4.78 is 1.18. The number of aromatic nitrogens is 3. The Hall–Kier alpha value is -2.41. The van der Waals surface area contributed by atoms with E-state index in [1.54, 1.807) is 11.3 Å². The number of fused-ring (bicyclic) bond motifs is 1. The van der Waals surface area contributed by atoms with E-state index in [1.165, 1.54) is 4.70 Å². The first-order valence-electron chi connectivity index (χ1n) is 8.67. The fraction of sp³-hybridized carbons (Fsp3) is 0.389. The van der Waals surface area contributed by atoms with Gasteiger partial charge in [0, 0.05) is 6.54 Å². The monoisotopic (exact) mass is 355 g/mol. The lowest BCUT2D eigenvalue weighted by molar-refractivity contribution is 0.192. The van der Waals surface area contributed by atoms with Crippen LogP contribution < -0.4 is 5.32 Å². The van der Waals surface area contributed by atoms with Crippen molar-refractivity contribution in [2.75, 3.05) is 6.54 Å². The van der Waals surface area contributed by atoms with Crippen LogP contribution in [0.5, 0.6) is 0 Å². The summed E-state index contributed by atoms with van der Waals surface area (Å²) in [7, 11) is 0. The predicted molar refractivity (Wildman–Crippen MR) is 98.5 cm³/mol. The lowest BCUT2D eigenvalue weighted by Gasteiger charge is -2.23. The molecule has 2 N–H and O–H groups in total. The summed E-state index contributed by atoms with van der Waals surface area (Å²) in [6, 6.07) is 10.2. The van der Waals surface area contributed by atoms with Crippen molar-refractivity contribution < 1.29 is 4.79 Å². The molecule has 130 valence electrons. The van der Waals surface area contributed by atoms with Crippen molar-refractivity contribution >= 4 is 27.6 Å². The van der Waals surface area contributed by atoms with Gasteiger partial charge in [-0.15, -0.1) is 11.3 Å². The third-order valence-electron chi connectivity index (χ3n) is 4.59. The molecule has 0 bridgehead atoms. The van der Waals surface area contributed by atoms with E-state index in [9.17, 15) is 4.79 Å². The Labute approximate surface area is 150 Å². The van der Waals surface area contributed by atoms with Crippen molar-refractivity contribution in [1.29, 1.82) is 0 Å². The van der Waals surface area contributed by atoms with Crippen LogP contribution >= 0.6 is 11.3 Å². The molecule has 1 atom stereocenters. The van der Waals surface area contributed by atoms with Crippen LogP contribution in [0.4, 0.5) is 4.79 Å². The molecule has 1 saturated heterocycles. The molecule has 3 heterocycles. The van der Waals surface area contributed by atoms with Gasteiger partial charge in [0.15, 0.2) is 0 Å². The van der Waals surface area contributed by atoms with Gasteiger partial charge in [-0.25, -0.2) is 9.78 Å². The molecular weight excluding hydrogens is 334 g/mol. The highest BCUT2D eigenvalue weighted by molar-refractivity contribution is 7.18. The van der Waals surface area contributed by atoms with E-state index in [0.29, 0.717) is 6.54 Å². The largest absolute Gasteiger partial charge is 0.332 e. The first-order chi connectivity index (χ1) is 12.2. The number of rotatable bonds is 4. The molecule has 25 heavy (non-hydrogen) atoms. The van der Waals surface area contributed by atoms with E-state index in [2.05, 4.69) is 28.5 Å².